The van der Waals surface area contributed by atoms with Gasteiger partial charge in [0.25, 0.3) is 0 Å². The highest BCUT2D eigenvalue weighted by Crippen LogP contribution is 2.38. The Bertz CT molecular complexity index is 1510. The van der Waals surface area contributed by atoms with E-state index in [0.717, 1.165) is 21.7 Å². The largest absolute Gasteiger partial charge is 0.493 e. The monoisotopic (exact) mass is 479 g/mol. The molecule has 5 rings (SSSR count). The Labute approximate surface area is 197 Å². The average Bonchev–Trinajstić information content (AvgIpc) is 3.25. The van der Waals surface area contributed by atoms with E-state index in [4.69, 9.17) is 14.2 Å². The highest BCUT2D eigenvalue weighted by atomic mass is 32.1. The van der Waals surface area contributed by atoms with Gasteiger partial charge in [-0.2, -0.15) is 0 Å². The van der Waals surface area contributed by atoms with E-state index in [9.17, 15) is 8.78 Å². The molecule has 1 N–H and O–H groups in total. The molecule has 0 bridgehead atoms. The molecule has 0 saturated heterocycles. The fourth-order valence-corrected chi connectivity index (χ4v) is 4.43. The van der Waals surface area contributed by atoms with Crippen LogP contribution >= 0.6 is 11.3 Å². The number of pyridine rings is 1. The van der Waals surface area contributed by atoms with Gasteiger partial charge >= 0.3 is 0 Å². The predicted octanol–water partition coefficient (Wildman–Crippen LogP) is 6.54. The zero-order valence-corrected chi connectivity index (χ0v) is 19.1. The van der Waals surface area contributed by atoms with Crippen molar-refractivity contribution in [2.24, 2.45) is 0 Å². The zero-order chi connectivity index (χ0) is 23.7. The van der Waals surface area contributed by atoms with Gasteiger partial charge in [0.15, 0.2) is 16.6 Å². The molecule has 9 heteroatoms. The van der Waals surface area contributed by atoms with Crippen molar-refractivity contribution in [2.45, 2.75) is 6.54 Å². The normalized spacial score (nSPS) is 11.1. The number of thiazole rings is 1. The minimum Gasteiger partial charge on any atom is -0.493 e. The first-order valence-electron chi connectivity index (χ1n) is 10.3. The lowest BCUT2D eigenvalue weighted by Gasteiger charge is -2.12. The number of benzene rings is 3. The number of aromatic nitrogens is 2. The van der Waals surface area contributed by atoms with Crippen LogP contribution in [0.1, 0.15) is 5.56 Å². The second-order valence-electron chi connectivity index (χ2n) is 7.37. The van der Waals surface area contributed by atoms with E-state index >= 15 is 0 Å². The number of ether oxygens (including phenoxy) is 3. The summed E-state index contributed by atoms with van der Waals surface area (Å²) in [7, 11) is 3.15. The van der Waals surface area contributed by atoms with E-state index < -0.39 is 11.6 Å². The van der Waals surface area contributed by atoms with Crippen molar-refractivity contribution in [3.8, 4) is 23.0 Å². The Hall–Kier alpha value is -3.98. The lowest BCUT2D eigenvalue weighted by molar-refractivity contribution is 0.355. The summed E-state index contributed by atoms with van der Waals surface area (Å²) in [6.45, 7) is 0.198. The standard InChI is InChI=1S/C25H19F2N3O3S/c1-31-22-11-17-20(12-23(22)32-2)28-8-7-21(17)33-16-5-6-19-24(10-16)34-25(30-19)29-13-14-3-4-15(26)9-18(14)27/h3-12H,13H2,1-2H3,(H,29,30). The maximum absolute atomic E-state index is 13.9. The topological polar surface area (TPSA) is 65.5 Å². The first kappa shape index (κ1) is 21.8. The average molecular weight is 480 g/mol. The zero-order valence-electron chi connectivity index (χ0n) is 18.3. The SMILES string of the molecule is COc1cc2nccc(Oc3ccc4nc(NCc5ccc(F)cc5F)sc4c3)c2cc1OC. The van der Waals surface area contributed by atoms with Gasteiger partial charge in [0.05, 0.1) is 30.0 Å². The third-order valence-corrected chi connectivity index (χ3v) is 6.22. The Kier molecular flexibility index (Phi) is 5.85. The molecule has 2 heterocycles. The van der Waals surface area contributed by atoms with Crippen molar-refractivity contribution in [1.82, 2.24) is 9.97 Å². The Balaban J connectivity index is 1.39. The van der Waals surface area contributed by atoms with E-state index in [1.54, 1.807) is 32.5 Å². The van der Waals surface area contributed by atoms with E-state index in [1.165, 1.54) is 23.5 Å². The third-order valence-electron chi connectivity index (χ3n) is 5.24. The Morgan fingerprint density at radius 1 is 0.882 bits per heavy atom. The van der Waals surface area contributed by atoms with Crippen molar-refractivity contribution in [1.29, 1.82) is 0 Å². The predicted molar refractivity (Wildman–Crippen MR) is 128 cm³/mol. The first-order chi connectivity index (χ1) is 16.5. The Morgan fingerprint density at radius 3 is 2.50 bits per heavy atom. The van der Waals surface area contributed by atoms with Gasteiger partial charge in [-0.05, 0) is 30.3 Å². The summed E-state index contributed by atoms with van der Waals surface area (Å²) in [5.74, 6) is 1.23. The van der Waals surface area contributed by atoms with E-state index in [2.05, 4.69) is 15.3 Å². The number of nitrogens with zero attached hydrogens (tertiary/aromatic N) is 2. The summed E-state index contributed by atoms with van der Waals surface area (Å²) >= 11 is 1.42. The van der Waals surface area contributed by atoms with Gasteiger partial charge in [0.1, 0.15) is 23.1 Å². The van der Waals surface area contributed by atoms with Crippen molar-refractivity contribution < 1.29 is 23.0 Å². The van der Waals surface area contributed by atoms with Crippen LogP contribution in [0, 0.1) is 11.6 Å². The molecule has 172 valence electrons. The Morgan fingerprint density at radius 2 is 1.71 bits per heavy atom. The van der Waals surface area contributed by atoms with Gasteiger partial charge < -0.3 is 19.5 Å². The van der Waals surface area contributed by atoms with Crippen LogP contribution in [0.25, 0.3) is 21.1 Å². The second-order valence-corrected chi connectivity index (χ2v) is 8.40. The molecule has 5 aromatic rings. The van der Waals surface area contributed by atoms with E-state index in [-0.39, 0.29) is 6.54 Å². The molecule has 0 aliphatic heterocycles. The summed E-state index contributed by atoms with van der Waals surface area (Å²) in [5, 5.41) is 4.51. The number of hydrogen-bond acceptors (Lipinski definition) is 7. The summed E-state index contributed by atoms with van der Waals surface area (Å²) in [6.07, 6.45) is 1.67. The van der Waals surface area contributed by atoms with Gasteiger partial charge in [-0.25, -0.2) is 13.8 Å². The lowest BCUT2D eigenvalue weighted by Crippen LogP contribution is -2.01. The fourth-order valence-electron chi connectivity index (χ4n) is 3.54. The summed E-state index contributed by atoms with van der Waals surface area (Å²) in [6, 6.07) is 14.5. The van der Waals surface area contributed by atoms with Gasteiger partial charge in [-0.3, -0.25) is 4.98 Å². The maximum atomic E-state index is 13.9. The van der Waals surface area contributed by atoms with Crippen LogP contribution in [0.5, 0.6) is 23.0 Å². The molecule has 2 aromatic heterocycles. The van der Waals surface area contributed by atoms with Gasteiger partial charge in [0.2, 0.25) is 0 Å². The molecule has 0 radical (unpaired) electrons. The summed E-state index contributed by atoms with van der Waals surface area (Å²) in [4.78, 5) is 8.93. The molecule has 0 spiro atoms. The van der Waals surface area contributed by atoms with Crippen LogP contribution in [0.15, 0.2) is 60.8 Å². The molecular formula is C25H19F2N3O3S. The van der Waals surface area contributed by atoms with E-state index in [1.807, 2.05) is 24.3 Å². The van der Waals surface area contributed by atoms with Gasteiger partial charge in [-0.1, -0.05) is 17.4 Å². The fraction of sp³-hybridized carbons (Fsp3) is 0.120. The number of hydrogen-bond donors (Lipinski definition) is 1. The maximum Gasteiger partial charge on any atom is 0.184 e. The third kappa shape index (κ3) is 4.29. The first-order valence-corrected chi connectivity index (χ1v) is 11.1. The molecular weight excluding hydrogens is 460 g/mol. The molecule has 0 aliphatic carbocycles. The number of anilines is 1. The number of fused-ring (bicyclic) bond motifs is 2. The van der Waals surface area contributed by atoms with Crippen molar-refractivity contribution in [2.75, 3.05) is 19.5 Å². The van der Waals surface area contributed by atoms with Crippen LogP contribution < -0.4 is 19.5 Å². The summed E-state index contributed by atoms with van der Waals surface area (Å²) in [5.41, 5.74) is 1.86. The lowest BCUT2D eigenvalue weighted by atomic mass is 10.2. The molecule has 0 fully saturated rings. The molecule has 3 aromatic carbocycles. The highest BCUT2D eigenvalue weighted by molar-refractivity contribution is 7.22. The number of rotatable bonds is 7. The van der Waals surface area contributed by atoms with Crippen LogP contribution in [-0.2, 0) is 6.54 Å². The van der Waals surface area contributed by atoms with Crippen molar-refractivity contribution in [3.05, 3.63) is 78.0 Å². The molecule has 0 amide bonds. The molecule has 6 nitrogen and oxygen atoms in total. The second kappa shape index (κ2) is 9.11. The van der Waals surface area contributed by atoms with Crippen molar-refractivity contribution >= 4 is 37.6 Å². The quantitative estimate of drug-likeness (QED) is 0.286. The minimum absolute atomic E-state index is 0.198. The van der Waals surface area contributed by atoms with Crippen LogP contribution in [0.3, 0.4) is 0 Å². The molecule has 0 unspecified atom stereocenters. The summed E-state index contributed by atoms with van der Waals surface area (Å²) < 4.78 is 44.8. The molecule has 34 heavy (non-hydrogen) atoms. The smallest absolute Gasteiger partial charge is 0.184 e. The van der Waals surface area contributed by atoms with Crippen LogP contribution in [-0.4, -0.2) is 24.2 Å². The minimum atomic E-state index is -0.603. The van der Waals surface area contributed by atoms with Crippen LogP contribution in [0.2, 0.25) is 0 Å². The number of methoxy groups -OCH3 is 2. The van der Waals surface area contributed by atoms with E-state index in [0.29, 0.717) is 39.2 Å². The molecule has 0 atom stereocenters. The van der Waals surface area contributed by atoms with Crippen LogP contribution in [0.4, 0.5) is 13.9 Å². The van der Waals surface area contributed by atoms with Crippen molar-refractivity contribution in [3.63, 3.8) is 0 Å². The number of nitrogens with one attached hydrogen (secondary N) is 1. The number of halogens is 2. The molecule has 0 saturated carbocycles. The van der Waals surface area contributed by atoms with Gasteiger partial charge in [0, 0.05) is 41.9 Å². The molecule has 0 aliphatic rings. The van der Waals surface area contributed by atoms with Gasteiger partial charge in [-0.15, -0.1) is 0 Å². The highest BCUT2D eigenvalue weighted by Gasteiger charge is 2.13.